The van der Waals surface area contributed by atoms with Crippen LogP contribution in [0.15, 0.2) is 18.3 Å². The second-order valence-electron chi connectivity index (χ2n) is 8.57. The molecule has 0 aromatic carbocycles. The van der Waals surface area contributed by atoms with Gasteiger partial charge in [-0.05, 0) is 24.5 Å². The zero-order valence-electron chi connectivity index (χ0n) is 18.1. The molecule has 3 rings (SSSR count). The van der Waals surface area contributed by atoms with Gasteiger partial charge < -0.3 is 24.7 Å². The third kappa shape index (κ3) is 6.20. The van der Waals surface area contributed by atoms with Crippen LogP contribution < -0.4 is 9.64 Å². The SMILES string of the molecule is CC(C)CS(=O)(=O)N1CCN(c2ccc(OC[C@@H]3CCN(C(=O)O)C[C@@H]3O)cn2)CC1. The fourth-order valence-electron chi connectivity index (χ4n) is 3.92. The van der Waals surface area contributed by atoms with Crippen molar-refractivity contribution in [2.75, 3.05) is 56.5 Å². The number of pyridine rings is 1. The summed E-state index contributed by atoms with van der Waals surface area (Å²) < 4.78 is 32.1. The molecule has 2 N–H and O–H groups in total. The fourth-order valence-corrected chi connectivity index (χ4v) is 5.69. The highest BCUT2D eigenvalue weighted by Gasteiger charge is 2.31. The maximum absolute atomic E-state index is 12.4. The average molecular weight is 457 g/mol. The number of amides is 1. The predicted molar refractivity (Wildman–Crippen MR) is 116 cm³/mol. The number of nitrogens with zero attached hydrogens (tertiary/aromatic N) is 4. The van der Waals surface area contributed by atoms with Gasteiger partial charge in [-0.25, -0.2) is 18.2 Å². The summed E-state index contributed by atoms with van der Waals surface area (Å²) in [5.74, 6) is 1.48. The lowest BCUT2D eigenvalue weighted by Gasteiger charge is -2.35. The lowest BCUT2D eigenvalue weighted by molar-refractivity contribution is 0.00681. The average Bonchev–Trinajstić information content (AvgIpc) is 2.72. The summed E-state index contributed by atoms with van der Waals surface area (Å²) >= 11 is 0. The van der Waals surface area contributed by atoms with Crippen molar-refractivity contribution in [1.82, 2.24) is 14.2 Å². The monoisotopic (exact) mass is 456 g/mol. The van der Waals surface area contributed by atoms with Crippen LogP contribution in [0, 0.1) is 11.8 Å². The molecular formula is C20H32N4O6S. The summed E-state index contributed by atoms with van der Waals surface area (Å²) in [5.41, 5.74) is 0. The first-order chi connectivity index (χ1) is 14.7. The Labute approximate surface area is 183 Å². The second kappa shape index (κ2) is 10.0. The number of hydrogen-bond acceptors (Lipinski definition) is 7. The van der Waals surface area contributed by atoms with Gasteiger partial charge in [-0.15, -0.1) is 0 Å². The minimum Gasteiger partial charge on any atom is -0.492 e. The number of carbonyl (C=O) groups is 1. The number of aliphatic hydroxyl groups excluding tert-OH is 1. The van der Waals surface area contributed by atoms with Gasteiger partial charge in [0.1, 0.15) is 11.6 Å². The van der Waals surface area contributed by atoms with Crippen molar-refractivity contribution in [2.24, 2.45) is 11.8 Å². The van der Waals surface area contributed by atoms with E-state index in [1.807, 2.05) is 26.0 Å². The van der Waals surface area contributed by atoms with Gasteiger partial charge in [-0.2, -0.15) is 4.31 Å². The van der Waals surface area contributed by atoms with E-state index in [0.29, 0.717) is 51.5 Å². The molecule has 2 aliphatic heterocycles. The lowest BCUT2D eigenvalue weighted by Crippen LogP contribution is -2.49. The fraction of sp³-hybridized carbons (Fsp3) is 0.700. The standard InChI is InChI=1S/C20H32N4O6S/c1-15(2)14-31(28,29)24-9-7-22(8-10-24)19-4-3-17(11-21-19)30-13-16-5-6-23(20(26)27)12-18(16)25/h3-4,11,15-16,18,25H,5-10,12-14H2,1-2H3,(H,26,27)/t16-,18-/m0/s1. The van der Waals surface area contributed by atoms with E-state index in [0.717, 1.165) is 5.82 Å². The van der Waals surface area contributed by atoms with E-state index in [1.54, 1.807) is 10.5 Å². The molecule has 0 spiro atoms. The molecule has 2 fully saturated rings. The van der Waals surface area contributed by atoms with Gasteiger partial charge in [0.15, 0.2) is 0 Å². The number of rotatable bonds is 7. The van der Waals surface area contributed by atoms with Crippen molar-refractivity contribution >= 4 is 21.9 Å². The molecule has 10 nitrogen and oxygen atoms in total. The molecule has 0 radical (unpaired) electrons. The van der Waals surface area contributed by atoms with E-state index in [1.165, 1.54) is 4.90 Å². The topological polar surface area (TPSA) is 124 Å². The van der Waals surface area contributed by atoms with Crippen LogP contribution in [0.2, 0.25) is 0 Å². The van der Waals surface area contributed by atoms with Gasteiger partial charge in [0.2, 0.25) is 10.0 Å². The molecular weight excluding hydrogens is 424 g/mol. The zero-order valence-corrected chi connectivity index (χ0v) is 18.9. The Bertz CT molecular complexity index is 840. The van der Waals surface area contributed by atoms with Crippen LogP contribution >= 0.6 is 0 Å². The predicted octanol–water partition coefficient (Wildman–Crippen LogP) is 0.929. The van der Waals surface area contributed by atoms with Crippen molar-refractivity contribution in [3.05, 3.63) is 18.3 Å². The van der Waals surface area contributed by atoms with Crippen molar-refractivity contribution in [3.63, 3.8) is 0 Å². The minimum absolute atomic E-state index is 0.0966. The number of aliphatic hydroxyl groups is 1. The Hall–Kier alpha value is -2.11. The van der Waals surface area contributed by atoms with Crippen LogP contribution in [0.3, 0.4) is 0 Å². The number of ether oxygens (including phenoxy) is 1. The maximum Gasteiger partial charge on any atom is 0.407 e. The number of aromatic nitrogens is 1. The number of piperazine rings is 1. The highest BCUT2D eigenvalue weighted by atomic mass is 32.2. The molecule has 0 unspecified atom stereocenters. The Kier molecular flexibility index (Phi) is 7.60. The quantitative estimate of drug-likeness (QED) is 0.621. The summed E-state index contributed by atoms with van der Waals surface area (Å²) in [6.45, 7) is 6.64. The van der Waals surface area contributed by atoms with Crippen LogP contribution in [-0.4, -0.2) is 96.6 Å². The molecule has 2 aliphatic rings. The molecule has 174 valence electrons. The number of β-amino-alcohol motifs (C(OH)–C–C–N with tert-alkyl or cyclic N) is 1. The summed E-state index contributed by atoms with van der Waals surface area (Å²) in [4.78, 5) is 18.7. The molecule has 0 aliphatic carbocycles. The molecule has 11 heteroatoms. The molecule has 1 amide bonds. The zero-order chi connectivity index (χ0) is 22.6. The molecule has 2 atom stereocenters. The molecule has 0 saturated carbocycles. The molecule has 3 heterocycles. The number of piperidine rings is 1. The summed E-state index contributed by atoms with van der Waals surface area (Å²) in [7, 11) is -3.22. The third-order valence-corrected chi connectivity index (χ3v) is 7.92. The highest BCUT2D eigenvalue weighted by molar-refractivity contribution is 7.89. The first-order valence-electron chi connectivity index (χ1n) is 10.6. The van der Waals surface area contributed by atoms with E-state index in [2.05, 4.69) is 9.88 Å². The smallest absolute Gasteiger partial charge is 0.407 e. The van der Waals surface area contributed by atoms with E-state index >= 15 is 0 Å². The Morgan fingerprint density at radius 2 is 1.94 bits per heavy atom. The molecule has 31 heavy (non-hydrogen) atoms. The van der Waals surface area contributed by atoms with Gasteiger partial charge in [0, 0.05) is 38.6 Å². The van der Waals surface area contributed by atoms with Crippen LogP contribution in [-0.2, 0) is 10.0 Å². The number of carboxylic acid groups (broad SMARTS) is 1. The summed E-state index contributed by atoms with van der Waals surface area (Å²) in [6, 6.07) is 3.65. The van der Waals surface area contributed by atoms with Crippen LogP contribution in [0.1, 0.15) is 20.3 Å². The minimum atomic E-state index is -3.22. The molecule has 1 aromatic heterocycles. The van der Waals surface area contributed by atoms with Gasteiger partial charge >= 0.3 is 6.09 Å². The first kappa shape index (κ1) is 23.6. The van der Waals surface area contributed by atoms with Crippen molar-refractivity contribution < 1.29 is 28.2 Å². The Morgan fingerprint density at radius 1 is 1.23 bits per heavy atom. The maximum atomic E-state index is 12.4. The van der Waals surface area contributed by atoms with Crippen LogP contribution in [0.25, 0.3) is 0 Å². The van der Waals surface area contributed by atoms with Crippen molar-refractivity contribution in [1.29, 1.82) is 0 Å². The van der Waals surface area contributed by atoms with E-state index in [9.17, 15) is 18.3 Å². The number of anilines is 1. The van der Waals surface area contributed by atoms with Crippen LogP contribution in [0.4, 0.5) is 10.6 Å². The Balaban J connectivity index is 1.47. The van der Waals surface area contributed by atoms with E-state index in [-0.39, 0.29) is 24.1 Å². The molecule has 1 aromatic rings. The normalized spacial score (nSPS) is 23.2. The Morgan fingerprint density at radius 3 is 2.48 bits per heavy atom. The second-order valence-corrected chi connectivity index (χ2v) is 10.6. The number of hydrogen-bond donors (Lipinski definition) is 2. The largest absolute Gasteiger partial charge is 0.492 e. The van der Waals surface area contributed by atoms with E-state index < -0.39 is 22.2 Å². The number of sulfonamides is 1. The van der Waals surface area contributed by atoms with Gasteiger partial charge in [0.25, 0.3) is 0 Å². The summed E-state index contributed by atoms with van der Waals surface area (Å²) in [5, 5.41) is 19.2. The highest BCUT2D eigenvalue weighted by Crippen LogP contribution is 2.22. The van der Waals surface area contributed by atoms with E-state index in [4.69, 9.17) is 9.84 Å². The van der Waals surface area contributed by atoms with Crippen LogP contribution in [0.5, 0.6) is 5.75 Å². The summed E-state index contributed by atoms with van der Waals surface area (Å²) in [6.07, 6.45) is 0.399. The molecule has 0 bridgehead atoms. The first-order valence-corrected chi connectivity index (χ1v) is 12.2. The molecule has 2 saturated heterocycles. The van der Waals surface area contributed by atoms with Gasteiger partial charge in [-0.3, -0.25) is 0 Å². The van der Waals surface area contributed by atoms with Gasteiger partial charge in [0.05, 0.1) is 31.2 Å². The van der Waals surface area contributed by atoms with Crippen molar-refractivity contribution in [3.8, 4) is 5.75 Å². The third-order valence-electron chi connectivity index (χ3n) is 5.68. The van der Waals surface area contributed by atoms with Crippen molar-refractivity contribution in [2.45, 2.75) is 26.4 Å². The number of likely N-dealkylation sites (tertiary alicyclic amines) is 1. The van der Waals surface area contributed by atoms with Gasteiger partial charge in [-0.1, -0.05) is 13.8 Å². The lowest BCUT2D eigenvalue weighted by atomic mass is 9.95.